The molecule has 0 atom stereocenters. The fourth-order valence-corrected chi connectivity index (χ4v) is 1.19. The van der Waals surface area contributed by atoms with E-state index in [9.17, 15) is 4.79 Å². The van der Waals surface area contributed by atoms with Crippen LogP contribution in [-0.4, -0.2) is 24.8 Å². The van der Waals surface area contributed by atoms with E-state index < -0.39 is 5.60 Å². The van der Waals surface area contributed by atoms with Crippen LogP contribution in [0.3, 0.4) is 0 Å². The largest absolute Gasteiger partial charge is 0.472 e. The van der Waals surface area contributed by atoms with E-state index in [1.807, 2.05) is 26.8 Å². The molecule has 2 N–H and O–H groups in total. The summed E-state index contributed by atoms with van der Waals surface area (Å²) in [5, 5.41) is 5.85. The first-order valence-electron chi connectivity index (χ1n) is 5.66. The number of nitrogens with one attached hydrogen (secondary N) is 2. The van der Waals surface area contributed by atoms with E-state index in [0.29, 0.717) is 13.1 Å². The topological polar surface area (TPSA) is 63.5 Å². The van der Waals surface area contributed by atoms with E-state index in [-0.39, 0.29) is 6.09 Å². The third-order valence-corrected chi connectivity index (χ3v) is 1.88. The second kappa shape index (κ2) is 6.30. The summed E-state index contributed by atoms with van der Waals surface area (Å²) in [6.45, 7) is 7.46. The van der Waals surface area contributed by atoms with Gasteiger partial charge in [-0.1, -0.05) is 0 Å². The highest BCUT2D eigenvalue weighted by atomic mass is 16.6. The molecule has 0 aromatic carbocycles. The van der Waals surface area contributed by atoms with Crippen LogP contribution in [0.15, 0.2) is 23.0 Å². The van der Waals surface area contributed by atoms with Gasteiger partial charge in [0.05, 0.1) is 12.5 Å². The predicted molar refractivity (Wildman–Crippen MR) is 64.7 cm³/mol. The van der Waals surface area contributed by atoms with Crippen molar-refractivity contribution in [2.24, 2.45) is 0 Å². The van der Waals surface area contributed by atoms with E-state index in [0.717, 1.165) is 12.1 Å². The Kier molecular flexibility index (Phi) is 5.03. The molecule has 0 saturated carbocycles. The van der Waals surface area contributed by atoms with Gasteiger partial charge in [-0.05, 0) is 26.8 Å². The molecule has 96 valence electrons. The number of rotatable bonds is 5. The van der Waals surface area contributed by atoms with Crippen molar-refractivity contribution in [2.45, 2.75) is 32.9 Å². The van der Waals surface area contributed by atoms with Gasteiger partial charge in [0.15, 0.2) is 0 Å². The number of alkyl carbamates (subject to hydrolysis) is 1. The maximum absolute atomic E-state index is 11.3. The Hall–Kier alpha value is -1.49. The lowest BCUT2D eigenvalue weighted by atomic mass is 10.2. The van der Waals surface area contributed by atoms with Crippen LogP contribution >= 0.6 is 0 Å². The molecule has 5 heteroatoms. The van der Waals surface area contributed by atoms with Crippen LogP contribution < -0.4 is 10.6 Å². The van der Waals surface area contributed by atoms with Crippen LogP contribution in [-0.2, 0) is 11.3 Å². The summed E-state index contributed by atoms with van der Waals surface area (Å²) in [6.07, 6.45) is 2.94. The summed E-state index contributed by atoms with van der Waals surface area (Å²) in [6, 6.07) is 1.90. The van der Waals surface area contributed by atoms with Crippen molar-refractivity contribution in [3.63, 3.8) is 0 Å². The number of carbonyl (C=O) groups excluding carboxylic acids is 1. The van der Waals surface area contributed by atoms with E-state index >= 15 is 0 Å². The van der Waals surface area contributed by atoms with Crippen LogP contribution in [0.2, 0.25) is 0 Å². The van der Waals surface area contributed by atoms with Crippen molar-refractivity contribution in [2.75, 3.05) is 13.1 Å². The Morgan fingerprint density at radius 1 is 1.41 bits per heavy atom. The van der Waals surface area contributed by atoms with Crippen LogP contribution in [0.1, 0.15) is 26.3 Å². The number of ether oxygens (including phenoxy) is 1. The normalized spacial score (nSPS) is 11.2. The molecule has 0 fully saturated rings. The minimum Gasteiger partial charge on any atom is -0.472 e. The quantitative estimate of drug-likeness (QED) is 0.771. The van der Waals surface area contributed by atoms with Crippen molar-refractivity contribution in [3.05, 3.63) is 24.2 Å². The van der Waals surface area contributed by atoms with E-state index in [2.05, 4.69) is 10.6 Å². The summed E-state index contributed by atoms with van der Waals surface area (Å²) in [4.78, 5) is 11.3. The van der Waals surface area contributed by atoms with Crippen molar-refractivity contribution in [1.29, 1.82) is 0 Å². The minimum absolute atomic E-state index is 0.386. The lowest BCUT2D eigenvalue weighted by molar-refractivity contribution is 0.0528. The molecule has 1 aromatic rings. The average molecular weight is 240 g/mol. The molecule has 1 aromatic heterocycles. The van der Waals surface area contributed by atoms with E-state index in [1.54, 1.807) is 12.5 Å². The highest BCUT2D eigenvalue weighted by molar-refractivity contribution is 5.67. The highest BCUT2D eigenvalue weighted by Crippen LogP contribution is 2.05. The standard InChI is InChI=1S/C12H20N2O3/c1-12(2,3)17-11(15)14-6-5-13-8-10-4-7-16-9-10/h4,7,9,13H,5-6,8H2,1-3H3,(H,14,15). The minimum atomic E-state index is -0.450. The molecular weight excluding hydrogens is 220 g/mol. The number of hydrogen-bond donors (Lipinski definition) is 2. The van der Waals surface area contributed by atoms with Gasteiger partial charge in [0.25, 0.3) is 0 Å². The van der Waals surface area contributed by atoms with Crippen LogP contribution in [0.5, 0.6) is 0 Å². The zero-order valence-corrected chi connectivity index (χ0v) is 10.6. The predicted octanol–water partition coefficient (Wildman–Crippen LogP) is 1.89. The second-order valence-electron chi connectivity index (χ2n) is 4.74. The molecule has 5 nitrogen and oxygen atoms in total. The van der Waals surface area contributed by atoms with Crippen LogP contribution in [0.25, 0.3) is 0 Å². The van der Waals surface area contributed by atoms with Crippen molar-refractivity contribution >= 4 is 6.09 Å². The smallest absolute Gasteiger partial charge is 0.407 e. The molecule has 0 aliphatic heterocycles. The molecule has 0 aliphatic rings. The molecule has 0 aliphatic carbocycles. The first kappa shape index (κ1) is 13.6. The van der Waals surface area contributed by atoms with Crippen molar-refractivity contribution in [1.82, 2.24) is 10.6 Å². The monoisotopic (exact) mass is 240 g/mol. The fraction of sp³-hybridized carbons (Fsp3) is 0.583. The number of hydrogen-bond acceptors (Lipinski definition) is 4. The lowest BCUT2D eigenvalue weighted by Gasteiger charge is -2.19. The van der Waals surface area contributed by atoms with Crippen LogP contribution in [0.4, 0.5) is 4.79 Å². The number of amides is 1. The zero-order chi connectivity index (χ0) is 12.7. The molecule has 17 heavy (non-hydrogen) atoms. The van der Waals surface area contributed by atoms with E-state index in [1.165, 1.54) is 0 Å². The summed E-state index contributed by atoms with van der Waals surface area (Å²) >= 11 is 0. The Morgan fingerprint density at radius 3 is 2.76 bits per heavy atom. The van der Waals surface area contributed by atoms with Gasteiger partial charge >= 0.3 is 6.09 Å². The molecule has 1 amide bonds. The molecular formula is C12H20N2O3. The maximum Gasteiger partial charge on any atom is 0.407 e. The molecule has 1 heterocycles. The Morgan fingerprint density at radius 2 is 2.18 bits per heavy atom. The first-order valence-corrected chi connectivity index (χ1v) is 5.66. The Bertz CT molecular complexity index is 328. The Labute approximate surface area is 102 Å². The molecule has 0 saturated heterocycles. The average Bonchev–Trinajstić information content (AvgIpc) is 2.67. The van der Waals surface area contributed by atoms with Crippen molar-refractivity contribution in [3.8, 4) is 0 Å². The van der Waals surface area contributed by atoms with Crippen LogP contribution in [0, 0.1) is 0 Å². The lowest BCUT2D eigenvalue weighted by Crippen LogP contribution is -2.36. The molecule has 0 radical (unpaired) electrons. The molecule has 1 rings (SSSR count). The van der Waals surface area contributed by atoms with Gasteiger partial charge in [0, 0.05) is 25.2 Å². The third-order valence-electron chi connectivity index (χ3n) is 1.88. The van der Waals surface area contributed by atoms with E-state index in [4.69, 9.17) is 9.15 Å². The van der Waals surface area contributed by atoms with Gasteiger partial charge in [-0.3, -0.25) is 0 Å². The SMILES string of the molecule is CC(C)(C)OC(=O)NCCNCc1ccoc1. The van der Waals surface area contributed by atoms with Gasteiger partial charge in [-0.25, -0.2) is 4.79 Å². The van der Waals surface area contributed by atoms with Crippen molar-refractivity contribution < 1.29 is 13.9 Å². The summed E-state index contributed by atoms with van der Waals surface area (Å²) < 4.78 is 10.0. The Balaban J connectivity index is 2.02. The molecule has 0 bridgehead atoms. The first-order chi connectivity index (χ1) is 7.97. The molecule has 0 spiro atoms. The third kappa shape index (κ3) is 6.63. The zero-order valence-electron chi connectivity index (χ0n) is 10.6. The van der Waals surface area contributed by atoms with Gasteiger partial charge < -0.3 is 19.8 Å². The number of furan rings is 1. The summed E-state index contributed by atoms with van der Waals surface area (Å²) in [5.74, 6) is 0. The van der Waals surface area contributed by atoms with Gasteiger partial charge in [0.1, 0.15) is 5.60 Å². The van der Waals surface area contributed by atoms with Gasteiger partial charge in [-0.15, -0.1) is 0 Å². The maximum atomic E-state index is 11.3. The molecule has 0 unspecified atom stereocenters. The fourth-order valence-electron chi connectivity index (χ4n) is 1.19. The number of carbonyl (C=O) groups is 1. The summed E-state index contributed by atoms with van der Waals surface area (Å²) in [7, 11) is 0. The second-order valence-corrected chi connectivity index (χ2v) is 4.74. The summed E-state index contributed by atoms with van der Waals surface area (Å²) in [5.41, 5.74) is 0.635. The highest BCUT2D eigenvalue weighted by Gasteiger charge is 2.15. The van der Waals surface area contributed by atoms with Gasteiger partial charge in [-0.2, -0.15) is 0 Å². The van der Waals surface area contributed by atoms with Gasteiger partial charge in [0.2, 0.25) is 0 Å².